The van der Waals surface area contributed by atoms with Gasteiger partial charge in [-0.3, -0.25) is 9.80 Å². The third-order valence-corrected chi connectivity index (χ3v) is 4.79. The van der Waals surface area contributed by atoms with E-state index in [9.17, 15) is 0 Å². The van der Waals surface area contributed by atoms with Crippen molar-refractivity contribution in [1.29, 1.82) is 0 Å². The van der Waals surface area contributed by atoms with E-state index < -0.39 is 0 Å². The van der Waals surface area contributed by atoms with Crippen LogP contribution in [0.4, 0.5) is 0 Å². The highest BCUT2D eigenvalue weighted by Gasteiger charge is 2.24. The number of imidazole rings is 1. The zero-order valence-corrected chi connectivity index (χ0v) is 14.8. The molecular weight excluding hydrogens is 300 g/mol. The van der Waals surface area contributed by atoms with Crippen LogP contribution >= 0.6 is 0 Å². The molecule has 24 heavy (non-hydrogen) atoms. The molecule has 0 unspecified atom stereocenters. The zero-order valence-electron chi connectivity index (χ0n) is 14.8. The van der Waals surface area contributed by atoms with Crippen LogP contribution in [0.15, 0.2) is 42.7 Å². The molecule has 0 radical (unpaired) electrons. The van der Waals surface area contributed by atoms with E-state index in [0.29, 0.717) is 6.04 Å². The fourth-order valence-corrected chi connectivity index (χ4v) is 3.37. The second-order valence-electron chi connectivity index (χ2n) is 6.57. The Hall–Kier alpha value is -1.69. The van der Waals surface area contributed by atoms with Crippen molar-refractivity contribution in [1.82, 2.24) is 19.4 Å². The minimum absolute atomic E-state index is 0.562. The van der Waals surface area contributed by atoms with Gasteiger partial charge < -0.3 is 9.30 Å². The van der Waals surface area contributed by atoms with Gasteiger partial charge in [-0.05, 0) is 12.5 Å². The molecule has 0 saturated carbocycles. The summed E-state index contributed by atoms with van der Waals surface area (Å²) in [5, 5.41) is 0. The summed E-state index contributed by atoms with van der Waals surface area (Å²) in [6.07, 6.45) is 4.00. The second kappa shape index (κ2) is 8.42. The highest BCUT2D eigenvalue weighted by molar-refractivity contribution is 5.15. The summed E-state index contributed by atoms with van der Waals surface area (Å²) in [5.74, 6) is 1.15. The van der Waals surface area contributed by atoms with Gasteiger partial charge in [-0.1, -0.05) is 30.3 Å². The lowest BCUT2D eigenvalue weighted by molar-refractivity contribution is 0.0542. The van der Waals surface area contributed by atoms with Crippen LogP contribution in [0.3, 0.4) is 0 Å². The molecule has 2 heterocycles. The van der Waals surface area contributed by atoms with Gasteiger partial charge in [-0.25, -0.2) is 4.98 Å². The van der Waals surface area contributed by atoms with Crippen molar-refractivity contribution in [3.63, 3.8) is 0 Å². The molecule has 3 rings (SSSR count). The molecule has 5 heteroatoms. The Bertz CT molecular complexity index is 613. The number of rotatable bonds is 7. The van der Waals surface area contributed by atoms with Gasteiger partial charge >= 0.3 is 0 Å². The Morgan fingerprint density at radius 3 is 2.75 bits per heavy atom. The van der Waals surface area contributed by atoms with Crippen molar-refractivity contribution in [2.75, 3.05) is 39.9 Å². The summed E-state index contributed by atoms with van der Waals surface area (Å²) in [6, 6.07) is 11.1. The molecule has 1 atom stereocenters. The Kier molecular flexibility index (Phi) is 6.01. The van der Waals surface area contributed by atoms with E-state index in [1.165, 1.54) is 5.56 Å². The molecule has 1 aliphatic heterocycles. The van der Waals surface area contributed by atoms with E-state index in [1.54, 1.807) is 7.11 Å². The monoisotopic (exact) mass is 328 g/mol. The molecule has 0 spiro atoms. The van der Waals surface area contributed by atoms with Crippen LogP contribution in [0.25, 0.3) is 0 Å². The van der Waals surface area contributed by atoms with Gasteiger partial charge in [0.05, 0.1) is 13.2 Å². The number of ether oxygens (including phenoxy) is 1. The van der Waals surface area contributed by atoms with Crippen LogP contribution in [-0.2, 0) is 17.8 Å². The van der Waals surface area contributed by atoms with E-state index >= 15 is 0 Å². The molecule has 5 nitrogen and oxygen atoms in total. The average Bonchev–Trinajstić information content (AvgIpc) is 3.02. The average molecular weight is 328 g/mol. The molecule has 1 fully saturated rings. The minimum Gasteiger partial charge on any atom is -0.383 e. The lowest BCUT2D eigenvalue weighted by Gasteiger charge is -2.39. The molecule has 2 aromatic rings. The maximum absolute atomic E-state index is 5.21. The number of benzene rings is 1. The molecular formula is C19H28N4O. The van der Waals surface area contributed by atoms with Crippen LogP contribution < -0.4 is 0 Å². The van der Waals surface area contributed by atoms with Crippen LogP contribution in [-0.4, -0.2) is 65.3 Å². The van der Waals surface area contributed by atoms with Crippen molar-refractivity contribution >= 4 is 0 Å². The molecule has 0 bridgehead atoms. The van der Waals surface area contributed by atoms with E-state index in [-0.39, 0.29) is 0 Å². The topological polar surface area (TPSA) is 33.5 Å². The summed E-state index contributed by atoms with van der Waals surface area (Å²) in [6.45, 7) is 9.22. The largest absolute Gasteiger partial charge is 0.383 e. The van der Waals surface area contributed by atoms with Crippen molar-refractivity contribution in [2.24, 2.45) is 0 Å². The fourth-order valence-electron chi connectivity index (χ4n) is 3.37. The van der Waals surface area contributed by atoms with Gasteiger partial charge in [-0.15, -0.1) is 0 Å². The van der Waals surface area contributed by atoms with Gasteiger partial charge in [0, 0.05) is 58.3 Å². The van der Waals surface area contributed by atoms with Crippen LogP contribution in [0.2, 0.25) is 0 Å². The number of methoxy groups -OCH3 is 1. The maximum atomic E-state index is 5.21. The molecule has 0 amide bonds. The third-order valence-electron chi connectivity index (χ3n) is 4.79. The fraction of sp³-hybridized carbons (Fsp3) is 0.526. The molecule has 1 saturated heterocycles. The molecule has 1 aliphatic rings. The molecule has 1 aromatic carbocycles. The normalized spacial score (nSPS) is 19.7. The first kappa shape index (κ1) is 17.1. The van der Waals surface area contributed by atoms with Crippen molar-refractivity contribution in [3.8, 4) is 0 Å². The number of aromatic nitrogens is 2. The van der Waals surface area contributed by atoms with Crippen LogP contribution in [0.1, 0.15) is 18.3 Å². The smallest absolute Gasteiger partial charge is 0.123 e. The van der Waals surface area contributed by atoms with E-state index in [2.05, 4.69) is 62.8 Å². The van der Waals surface area contributed by atoms with Crippen molar-refractivity contribution in [3.05, 3.63) is 54.1 Å². The Morgan fingerprint density at radius 1 is 1.17 bits per heavy atom. The summed E-state index contributed by atoms with van der Waals surface area (Å²) in [5.41, 5.74) is 1.31. The van der Waals surface area contributed by atoms with E-state index in [1.807, 2.05) is 6.20 Å². The van der Waals surface area contributed by atoms with E-state index in [0.717, 1.165) is 51.7 Å². The highest BCUT2D eigenvalue weighted by Crippen LogP contribution is 2.13. The molecule has 1 aromatic heterocycles. The van der Waals surface area contributed by atoms with E-state index in [4.69, 9.17) is 4.74 Å². The quantitative estimate of drug-likeness (QED) is 0.779. The van der Waals surface area contributed by atoms with Crippen LogP contribution in [0, 0.1) is 0 Å². The number of hydrogen-bond acceptors (Lipinski definition) is 4. The number of piperazine rings is 1. The standard InChI is InChI=1S/C19H28N4O/c1-17-14-21(10-11-22(17)12-13-24-2)16-19-20-8-9-23(19)15-18-6-4-3-5-7-18/h3-9,17H,10-16H2,1-2H3/t17-/m1/s1. The Labute approximate surface area is 144 Å². The summed E-state index contributed by atoms with van der Waals surface area (Å²) in [7, 11) is 1.77. The maximum Gasteiger partial charge on any atom is 0.123 e. The first-order valence-corrected chi connectivity index (χ1v) is 8.75. The third kappa shape index (κ3) is 4.44. The summed E-state index contributed by atoms with van der Waals surface area (Å²) >= 11 is 0. The van der Waals surface area contributed by atoms with Gasteiger partial charge in [0.1, 0.15) is 5.82 Å². The van der Waals surface area contributed by atoms with Gasteiger partial charge in [0.15, 0.2) is 0 Å². The SMILES string of the molecule is COCCN1CCN(Cc2nccn2Cc2ccccc2)C[C@H]1C. The summed E-state index contributed by atoms with van der Waals surface area (Å²) < 4.78 is 7.47. The predicted octanol–water partition coefficient (Wildman–Crippen LogP) is 2.08. The number of nitrogens with zero attached hydrogens (tertiary/aromatic N) is 4. The molecule has 130 valence electrons. The predicted molar refractivity (Wildman–Crippen MR) is 96.0 cm³/mol. The van der Waals surface area contributed by atoms with Gasteiger partial charge in [0.2, 0.25) is 0 Å². The lowest BCUT2D eigenvalue weighted by Crippen LogP contribution is -2.52. The van der Waals surface area contributed by atoms with Crippen LogP contribution in [0.5, 0.6) is 0 Å². The zero-order chi connectivity index (χ0) is 16.8. The van der Waals surface area contributed by atoms with Gasteiger partial charge in [-0.2, -0.15) is 0 Å². The first-order chi connectivity index (χ1) is 11.8. The first-order valence-electron chi connectivity index (χ1n) is 8.75. The van der Waals surface area contributed by atoms with Crippen molar-refractivity contribution < 1.29 is 4.74 Å². The van der Waals surface area contributed by atoms with Gasteiger partial charge in [0.25, 0.3) is 0 Å². The molecule has 0 aliphatic carbocycles. The highest BCUT2D eigenvalue weighted by atomic mass is 16.5. The number of hydrogen-bond donors (Lipinski definition) is 0. The lowest BCUT2D eigenvalue weighted by atomic mass is 10.2. The Morgan fingerprint density at radius 2 is 2.00 bits per heavy atom. The Balaban J connectivity index is 1.57. The minimum atomic E-state index is 0.562. The van der Waals surface area contributed by atoms with Crippen molar-refractivity contribution in [2.45, 2.75) is 26.1 Å². The summed E-state index contributed by atoms with van der Waals surface area (Å²) in [4.78, 5) is 9.61. The molecule has 0 N–H and O–H groups in total. The second-order valence-corrected chi connectivity index (χ2v) is 6.57.